The summed E-state index contributed by atoms with van der Waals surface area (Å²) in [6, 6.07) is 2.30. The molecular formula is C10H7FO4. The zero-order valence-electron chi connectivity index (χ0n) is 7.74. The van der Waals surface area contributed by atoms with Gasteiger partial charge >= 0.3 is 5.97 Å². The molecule has 2 rings (SSSR count). The molecule has 0 saturated carbocycles. The van der Waals surface area contributed by atoms with E-state index in [1.54, 1.807) is 0 Å². The van der Waals surface area contributed by atoms with Crippen molar-refractivity contribution < 1.29 is 23.8 Å². The second kappa shape index (κ2) is 2.98. The van der Waals surface area contributed by atoms with Gasteiger partial charge in [-0.1, -0.05) is 0 Å². The molecule has 0 aliphatic carbocycles. The molecule has 0 spiro atoms. The normalized spacial score (nSPS) is 10.8. The molecule has 15 heavy (non-hydrogen) atoms. The number of aromatic hydroxyl groups is 1. The van der Waals surface area contributed by atoms with Gasteiger partial charge in [0, 0.05) is 5.56 Å². The molecule has 4 nitrogen and oxygen atoms in total. The van der Waals surface area contributed by atoms with Crippen LogP contribution in [0.5, 0.6) is 5.75 Å². The van der Waals surface area contributed by atoms with Crippen LogP contribution >= 0.6 is 0 Å². The Balaban J connectivity index is 2.89. The van der Waals surface area contributed by atoms with Gasteiger partial charge in [0.15, 0.2) is 11.6 Å². The molecule has 0 aliphatic rings. The van der Waals surface area contributed by atoms with E-state index in [-0.39, 0.29) is 22.3 Å². The molecule has 5 heteroatoms. The molecule has 0 saturated heterocycles. The van der Waals surface area contributed by atoms with Gasteiger partial charge < -0.3 is 14.6 Å². The Morgan fingerprint density at radius 3 is 2.73 bits per heavy atom. The lowest BCUT2D eigenvalue weighted by molar-refractivity contribution is 0.0664. The summed E-state index contributed by atoms with van der Waals surface area (Å²) in [4.78, 5) is 10.7. The minimum atomic E-state index is -1.25. The van der Waals surface area contributed by atoms with Gasteiger partial charge in [0.25, 0.3) is 0 Å². The average molecular weight is 210 g/mol. The number of aromatic carboxylic acids is 1. The highest BCUT2D eigenvalue weighted by Crippen LogP contribution is 2.34. The van der Waals surface area contributed by atoms with E-state index < -0.39 is 17.5 Å². The lowest BCUT2D eigenvalue weighted by atomic mass is 10.1. The van der Waals surface area contributed by atoms with Crippen LogP contribution in [0.15, 0.2) is 16.5 Å². The van der Waals surface area contributed by atoms with Gasteiger partial charge in [0.05, 0.1) is 5.39 Å². The molecule has 1 heterocycles. The third-order valence-corrected chi connectivity index (χ3v) is 2.21. The monoisotopic (exact) mass is 210 g/mol. The van der Waals surface area contributed by atoms with E-state index in [0.29, 0.717) is 0 Å². The number of phenols is 1. The molecule has 0 atom stereocenters. The molecule has 0 fully saturated rings. The fourth-order valence-electron chi connectivity index (χ4n) is 1.50. The molecule has 2 aromatic rings. The highest BCUT2D eigenvalue weighted by molar-refractivity contribution is 5.97. The Kier molecular flexibility index (Phi) is 1.89. The second-order valence-electron chi connectivity index (χ2n) is 3.13. The van der Waals surface area contributed by atoms with Gasteiger partial charge in [-0.25, -0.2) is 9.18 Å². The summed E-state index contributed by atoms with van der Waals surface area (Å²) in [6.45, 7) is 1.45. The maximum Gasteiger partial charge on any atom is 0.372 e. The summed E-state index contributed by atoms with van der Waals surface area (Å²) < 4.78 is 18.0. The van der Waals surface area contributed by atoms with E-state index in [0.717, 1.165) is 6.07 Å². The number of carboxylic acids is 1. The Labute approximate surface area is 83.6 Å². The molecule has 0 unspecified atom stereocenters. The van der Waals surface area contributed by atoms with Crippen molar-refractivity contribution in [3.63, 3.8) is 0 Å². The molecule has 0 bridgehead atoms. The number of halogens is 1. The molecule has 0 radical (unpaired) electrons. The topological polar surface area (TPSA) is 70.7 Å². The van der Waals surface area contributed by atoms with Crippen molar-refractivity contribution in [2.75, 3.05) is 0 Å². The first kappa shape index (κ1) is 9.51. The third-order valence-electron chi connectivity index (χ3n) is 2.21. The fourth-order valence-corrected chi connectivity index (χ4v) is 1.50. The zero-order chi connectivity index (χ0) is 11.2. The highest BCUT2D eigenvalue weighted by atomic mass is 19.1. The first-order valence-electron chi connectivity index (χ1n) is 4.16. The Morgan fingerprint density at radius 2 is 2.13 bits per heavy atom. The van der Waals surface area contributed by atoms with Crippen LogP contribution in [0.1, 0.15) is 16.1 Å². The smallest absolute Gasteiger partial charge is 0.372 e. The van der Waals surface area contributed by atoms with Gasteiger partial charge in [-0.15, -0.1) is 0 Å². The number of hydrogen-bond donors (Lipinski definition) is 2. The fraction of sp³-hybridized carbons (Fsp3) is 0.100. The summed E-state index contributed by atoms with van der Waals surface area (Å²) in [5.41, 5.74) is 0.373. The first-order chi connectivity index (χ1) is 7.02. The maximum atomic E-state index is 13.0. The van der Waals surface area contributed by atoms with Crippen molar-refractivity contribution in [1.82, 2.24) is 0 Å². The summed E-state index contributed by atoms with van der Waals surface area (Å²) in [5.74, 6) is -2.92. The van der Waals surface area contributed by atoms with Gasteiger partial charge in [-0.3, -0.25) is 0 Å². The number of benzene rings is 1. The van der Waals surface area contributed by atoms with Crippen molar-refractivity contribution in [3.05, 3.63) is 29.3 Å². The van der Waals surface area contributed by atoms with Crippen molar-refractivity contribution in [1.29, 1.82) is 0 Å². The SMILES string of the molecule is Cc1c(C(=O)O)oc2ccc(F)c(O)c12. The van der Waals surface area contributed by atoms with Crippen LogP contribution < -0.4 is 0 Å². The number of aryl methyl sites for hydroxylation is 1. The standard InChI is InChI=1S/C10H7FO4/c1-4-7-6(15-9(4)10(13)14)3-2-5(11)8(7)12/h2-3,12H,1H3,(H,13,14). The van der Waals surface area contributed by atoms with E-state index in [4.69, 9.17) is 9.52 Å². The Hall–Kier alpha value is -2.04. The quantitative estimate of drug-likeness (QED) is 0.757. The molecule has 1 aromatic heterocycles. The van der Waals surface area contributed by atoms with Crippen molar-refractivity contribution in [2.24, 2.45) is 0 Å². The van der Waals surface area contributed by atoms with Gasteiger partial charge in [-0.2, -0.15) is 0 Å². The second-order valence-corrected chi connectivity index (χ2v) is 3.13. The number of furan rings is 1. The highest BCUT2D eigenvalue weighted by Gasteiger charge is 2.20. The molecule has 78 valence electrons. The third kappa shape index (κ3) is 1.24. The number of carbonyl (C=O) groups is 1. The van der Waals surface area contributed by atoms with Gasteiger partial charge in [-0.05, 0) is 19.1 Å². The number of carboxylic acid groups (broad SMARTS) is 1. The molecule has 0 aliphatic heterocycles. The van der Waals surface area contributed by atoms with Crippen LogP contribution in [0, 0.1) is 12.7 Å². The van der Waals surface area contributed by atoms with Crippen molar-refractivity contribution >= 4 is 16.9 Å². The zero-order valence-corrected chi connectivity index (χ0v) is 7.74. The van der Waals surface area contributed by atoms with Crippen LogP contribution in [-0.4, -0.2) is 16.2 Å². The minimum Gasteiger partial charge on any atom is -0.504 e. The summed E-state index contributed by atoms with van der Waals surface area (Å²) in [7, 11) is 0. The van der Waals surface area contributed by atoms with Crippen LogP contribution in [0.3, 0.4) is 0 Å². The van der Waals surface area contributed by atoms with Crippen LogP contribution in [-0.2, 0) is 0 Å². The summed E-state index contributed by atoms with van der Waals surface area (Å²) >= 11 is 0. The van der Waals surface area contributed by atoms with Gasteiger partial charge in [0.2, 0.25) is 5.76 Å². The van der Waals surface area contributed by atoms with Crippen molar-refractivity contribution in [2.45, 2.75) is 6.92 Å². The molecule has 0 amide bonds. The predicted molar refractivity (Wildman–Crippen MR) is 49.5 cm³/mol. The maximum absolute atomic E-state index is 13.0. The van der Waals surface area contributed by atoms with E-state index >= 15 is 0 Å². The van der Waals surface area contributed by atoms with E-state index in [2.05, 4.69) is 0 Å². The number of fused-ring (bicyclic) bond motifs is 1. The van der Waals surface area contributed by atoms with E-state index in [1.807, 2.05) is 0 Å². The van der Waals surface area contributed by atoms with E-state index in [9.17, 15) is 14.3 Å². The van der Waals surface area contributed by atoms with Crippen LogP contribution in [0.25, 0.3) is 11.0 Å². The average Bonchev–Trinajstić information content (AvgIpc) is 2.50. The number of rotatable bonds is 1. The lowest BCUT2D eigenvalue weighted by Gasteiger charge is -1.96. The van der Waals surface area contributed by atoms with E-state index in [1.165, 1.54) is 13.0 Å². The van der Waals surface area contributed by atoms with Crippen LogP contribution in [0.4, 0.5) is 4.39 Å². The largest absolute Gasteiger partial charge is 0.504 e. The molecular weight excluding hydrogens is 203 g/mol. The number of phenolic OH excluding ortho intramolecular Hbond substituents is 1. The lowest BCUT2D eigenvalue weighted by Crippen LogP contribution is -1.95. The van der Waals surface area contributed by atoms with Gasteiger partial charge in [0.1, 0.15) is 5.58 Å². The first-order valence-corrected chi connectivity index (χ1v) is 4.16. The molecule has 2 N–H and O–H groups in total. The summed E-state index contributed by atoms with van der Waals surface area (Å²) in [5, 5.41) is 18.3. The Morgan fingerprint density at radius 1 is 1.47 bits per heavy atom. The summed E-state index contributed by atoms with van der Waals surface area (Å²) in [6.07, 6.45) is 0. The number of hydrogen-bond acceptors (Lipinski definition) is 3. The Bertz CT molecular complexity index is 556. The van der Waals surface area contributed by atoms with Crippen LogP contribution in [0.2, 0.25) is 0 Å². The minimum absolute atomic E-state index is 0.104. The predicted octanol–water partition coefficient (Wildman–Crippen LogP) is 2.28. The van der Waals surface area contributed by atoms with Crippen molar-refractivity contribution in [3.8, 4) is 5.75 Å². The molecule has 1 aromatic carbocycles.